The largest absolute Gasteiger partial charge is 0.368 e. The molecule has 0 saturated heterocycles. The lowest BCUT2D eigenvalue weighted by Crippen LogP contribution is -2.49. The molecule has 2 atom stereocenters. The molecular formula is C6H13N3O2S. The normalized spacial score (nSPS) is 14.9. The molecular weight excluding hydrogens is 178 g/mol. The molecule has 0 aromatic heterocycles. The van der Waals surface area contributed by atoms with E-state index in [4.69, 9.17) is 11.5 Å². The number of carbonyl (C=O) groups excluding carboxylic acids is 2. The Morgan fingerprint density at radius 1 is 1.58 bits per heavy atom. The second-order valence-electron chi connectivity index (χ2n) is 2.42. The molecule has 0 rings (SSSR count). The van der Waals surface area contributed by atoms with Crippen molar-refractivity contribution in [2.75, 3.05) is 5.75 Å². The maximum absolute atomic E-state index is 11.0. The van der Waals surface area contributed by atoms with Crippen molar-refractivity contribution in [1.29, 1.82) is 0 Å². The van der Waals surface area contributed by atoms with Crippen molar-refractivity contribution in [2.24, 2.45) is 11.5 Å². The van der Waals surface area contributed by atoms with Gasteiger partial charge in [-0.05, 0) is 6.92 Å². The summed E-state index contributed by atoms with van der Waals surface area (Å²) in [5.41, 5.74) is 10.2. The Balaban J connectivity index is 3.92. The van der Waals surface area contributed by atoms with E-state index in [-0.39, 0.29) is 5.75 Å². The molecule has 2 amide bonds. The Morgan fingerprint density at radius 2 is 2.08 bits per heavy atom. The van der Waals surface area contributed by atoms with E-state index < -0.39 is 23.9 Å². The van der Waals surface area contributed by atoms with Gasteiger partial charge >= 0.3 is 0 Å². The third kappa shape index (κ3) is 3.59. The van der Waals surface area contributed by atoms with Gasteiger partial charge in [-0.3, -0.25) is 9.59 Å². The highest BCUT2D eigenvalue weighted by Gasteiger charge is 2.16. The first-order valence-electron chi connectivity index (χ1n) is 3.45. The number of primary amides is 1. The van der Waals surface area contributed by atoms with Crippen molar-refractivity contribution in [3.8, 4) is 0 Å². The van der Waals surface area contributed by atoms with Crippen LogP contribution in [0.5, 0.6) is 0 Å². The van der Waals surface area contributed by atoms with E-state index in [0.717, 1.165) is 0 Å². The number of amides is 2. The highest BCUT2D eigenvalue weighted by Crippen LogP contribution is 1.86. The fourth-order valence-corrected chi connectivity index (χ4v) is 0.640. The number of rotatable bonds is 4. The van der Waals surface area contributed by atoms with Gasteiger partial charge in [0.15, 0.2) is 0 Å². The summed E-state index contributed by atoms with van der Waals surface area (Å²) in [6, 6.07) is -1.39. The maximum Gasteiger partial charge on any atom is 0.239 e. The molecule has 5 N–H and O–H groups in total. The van der Waals surface area contributed by atoms with Crippen LogP contribution in [-0.2, 0) is 9.59 Å². The first-order chi connectivity index (χ1) is 5.49. The van der Waals surface area contributed by atoms with Gasteiger partial charge in [0.05, 0.1) is 6.04 Å². The number of nitrogens with two attached hydrogens (primary N) is 2. The summed E-state index contributed by atoms with van der Waals surface area (Å²) >= 11 is 3.83. The van der Waals surface area contributed by atoms with Gasteiger partial charge in [0.25, 0.3) is 0 Å². The molecule has 0 aliphatic carbocycles. The Kier molecular flexibility index (Phi) is 4.68. The van der Waals surface area contributed by atoms with Crippen molar-refractivity contribution in [2.45, 2.75) is 19.0 Å². The summed E-state index contributed by atoms with van der Waals surface area (Å²) in [4.78, 5) is 21.5. The molecule has 0 spiro atoms. The van der Waals surface area contributed by atoms with E-state index in [1.165, 1.54) is 6.92 Å². The van der Waals surface area contributed by atoms with Crippen molar-refractivity contribution in [1.82, 2.24) is 5.32 Å². The topological polar surface area (TPSA) is 98.2 Å². The molecule has 0 aromatic carbocycles. The zero-order valence-electron chi connectivity index (χ0n) is 6.78. The molecule has 5 nitrogen and oxygen atoms in total. The highest BCUT2D eigenvalue weighted by molar-refractivity contribution is 7.80. The molecule has 12 heavy (non-hydrogen) atoms. The van der Waals surface area contributed by atoms with Crippen molar-refractivity contribution >= 4 is 24.4 Å². The molecule has 0 fully saturated rings. The lowest BCUT2D eigenvalue weighted by molar-refractivity contribution is -0.127. The summed E-state index contributed by atoms with van der Waals surface area (Å²) < 4.78 is 0. The van der Waals surface area contributed by atoms with Crippen LogP contribution in [0.3, 0.4) is 0 Å². The van der Waals surface area contributed by atoms with E-state index in [2.05, 4.69) is 17.9 Å². The lowest BCUT2D eigenvalue weighted by atomic mass is 10.2. The molecule has 0 aromatic rings. The zero-order chi connectivity index (χ0) is 9.72. The van der Waals surface area contributed by atoms with Gasteiger partial charge in [-0.25, -0.2) is 0 Å². The molecule has 0 unspecified atom stereocenters. The smallest absolute Gasteiger partial charge is 0.239 e. The van der Waals surface area contributed by atoms with Crippen LogP contribution in [0, 0.1) is 0 Å². The van der Waals surface area contributed by atoms with Crippen LogP contribution >= 0.6 is 12.6 Å². The molecule has 6 heteroatoms. The van der Waals surface area contributed by atoms with Crippen LogP contribution in [0.1, 0.15) is 6.92 Å². The lowest BCUT2D eigenvalue weighted by Gasteiger charge is -2.13. The van der Waals surface area contributed by atoms with Crippen molar-refractivity contribution < 1.29 is 9.59 Å². The van der Waals surface area contributed by atoms with E-state index in [1.54, 1.807) is 0 Å². The van der Waals surface area contributed by atoms with Crippen LogP contribution < -0.4 is 16.8 Å². The predicted octanol–water partition coefficient (Wildman–Crippen LogP) is -1.77. The third-order valence-electron chi connectivity index (χ3n) is 1.32. The van der Waals surface area contributed by atoms with E-state index in [9.17, 15) is 9.59 Å². The van der Waals surface area contributed by atoms with Crippen LogP contribution in [-0.4, -0.2) is 29.7 Å². The third-order valence-corrected chi connectivity index (χ3v) is 1.71. The SMILES string of the molecule is C[C@H](NC(=O)[C@H](N)CS)C(N)=O. The minimum atomic E-state index is -0.699. The van der Waals surface area contributed by atoms with Gasteiger partial charge in [-0.2, -0.15) is 12.6 Å². The number of thiol groups is 1. The molecule has 0 heterocycles. The second-order valence-corrected chi connectivity index (χ2v) is 2.79. The Hall–Kier alpha value is -0.750. The summed E-state index contributed by atoms with van der Waals surface area (Å²) in [6.07, 6.45) is 0. The standard InChI is InChI=1S/C6H13N3O2S/c1-3(5(8)10)9-6(11)4(7)2-12/h3-4,12H,2,7H2,1H3,(H2,8,10)(H,9,11)/t3-,4+/m0/s1. The Labute approximate surface area is 76.3 Å². The minimum absolute atomic E-state index is 0.233. The number of nitrogens with one attached hydrogen (secondary N) is 1. The van der Waals surface area contributed by atoms with E-state index >= 15 is 0 Å². The first-order valence-corrected chi connectivity index (χ1v) is 4.08. The van der Waals surface area contributed by atoms with Crippen molar-refractivity contribution in [3.63, 3.8) is 0 Å². The summed E-state index contributed by atoms with van der Waals surface area (Å²) in [5.74, 6) is -0.775. The average Bonchev–Trinajstić information content (AvgIpc) is 2.02. The van der Waals surface area contributed by atoms with Crippen LogP contribution in [0.4, 0.5) is 0 Å². The zero-order valence-corrected chi connectivity index (χ0v) is 7.67. The van der Waals surface area contributed by atoms with Gasteiger partial charge in [0.2, 0.25) is 11.8 Å². The minimum Gasteiger partial charge on any atom is -0.368 e. The molecule has 0 aliphatic heterocycles. The summed E-state index contributed by atoms with van der Waals surface area (Å²) in [7, 11) is 0. The number of carbonyl (C=O) groups is 2. The average molecular weight is 191 g/mol. The molecule has 0 aliphatic rings. The molecule has 70 valence electrons. The van der Waals surface area contributed by atoms with Crippen LogP contribution in [0.2, 0.25) is 0 Å². The van der Waals surface area contributed by atoms with Gasteiger partial charge in [-0.15, -0.1) is 0 Å². The highest BCUT2D eigenvalue weighted by atomic mass is 32.1. The monoisotopic (exact) mass is 191 g/mol. The Morgan fingerprint density at radius 3 is 2.42 bits per heavy atom. The maximum atomic E-state index is 11.0. The summed E-state index contributed by atoms with van der Waals surface area (Å²) in [5, 5.41) is 2.34. The quantitative estimate of drug-likeness (QED) is 0.396. The first kappa shape index (κ1) is 11.2. The fraction of sp³-hybridized carbons (Fsp3) is 0.667. The van der Waals surface area contributed by atoms with Gasteiger partial charge < -0.3 is 16.8 Å². The molecule has 0 radical (unpaired) electrons. The van der Waals surface area contributed by atoms with E-state index in [0.29, 0.717) is 0 Å². The second kappa shape index (κ2) is 5.00. The number of hydrogen-bond donors (Lipinski definition) is 4. The van der Waals surface area contributed by atoms with Crippen LogP contribution in [0.15, 0.2) is 0 Å². The fourth-order valence-electron chi connectivity index (χ4n) is 0.474. The van der Waals surface area contributed by atoms with Gasteiger partial charge in [0, 0.05) is 5.75 Å². The van der Waals surface area contributed by atoms with E-state index in [1.807, 2.05) is 0 Å². The number of hydrogen-bond acceptors (Lipinski definition) is 4. The van der Waals surface area contributed by atoms with Gasteiger partial charge in [0.1, 0.15) is 6.04 Å². The summed E-state index contributed by atoms with van der Waals surface area (Å²) in [6.45, 7) is 1.49. The van der Waals surface area contributed by atoms with Crippen LogP contribution in [0.25, 0.3) is 0 Å². The van der Waals surface area contributed by atoms with Crippen molar-refractivity contribution in [3.05, 3.63) is 0 Å². The molecule has 0 bridgehead atoms. The molecule has 0 saturated carbocycles. The predicted molar refractivity (Wildman–Crippen MR) is 48.6 cm³/mol. The van der Waals surface area contributed by atoms with Gasteiger partial charge in [-0.1, -0.05) is 0 Å². The Bertz CT molecular complexity index is 186.